The van der Waals surface area contributed by atoms with E-state index >= 15 is 0 Å². The summed E-state index contributed by atoms with van der Waals surface area (Å²) in [6.45, 7) is 2.54. The van der Waals surface area contributed by atoms with Gasteiger partial charge in [-0.05, 0) is 13.1 Å². The van der Waals surface area contributed by atoms with Crippen LogP contribution in [-0.2, 0) is 9.53 Å². The lowest BCUT2D eigenvalue weighted by Gasteiger charge is -1.97. The smallest absolute Gasteiger partial charge is 0.307 e. The summed E-state index contributed by atoms with van der Waals surface area (Å²) >= 11 is 0. The van der Waals surface area contributed by atoms with Gasteiger partial charge in [0.2, 0.25) is 0 Å². The number of allylic oxidation sites excluding steroid dienone is 1. The summed E-state index contributed by atoms with van der Waals surface area (Å²) in [4.78, 5) is 10.5. The van der Waals surface area contributed by atoms with Crippen LogP contribution in [-0.4, -0.2) is 19.6 Å². The summed E-state index contributed by atoms with van der Waals surface area (Å²) in [5, 5.41) is 2.92. The fourth-order valence-electron chi connectivity index (χ4n) is 0.477. The van der Waals surface area contributed by atoms with Crippen LogP contribution in [0, 0.1) is 0 Å². The Morgan fingerprint density at radius 1 is 1.70 bits per heavy atom. The molecule has 0 saturated carbocycles. The van der Waals surface area contributed by atoms with Crippen molar-refractivity contribution in [2.45, 2.75) is 13.3 Å². The highest BCUT2D eigenvalue weighted by atomic mass is 16.5. The third-order valence-electron chi connectivity index (χ3n) is 0.986. The van der Waals surface area contributed by atoms with E-state index in [1.165, 1.54) is 7.11 Å². The largest absolute Gasteiger partial charge is 0.469 e. The number of carbonyl (C=O) groups is 1. The van der Waals surface area contributed by atoms with Crippen molar-refractivity contribution >= 4 is 5.97 Å². The Labute approximate surface area is 61.1 Å². The van der Waals surface area contributed by atoms with Crippen LogP contribution in [0.4, 0.5) is 0 Å². The third kappa shape index (κ3) is 5.15. The van der Waals surface area contributed by atoms with Crippen molar-refractivity contribution in [1.29, 1.82) is 0 Å². The number of nitrogens with one attached hydrogen (secondary N) is 1. The Kier molecular flexibility index (Phi) is 5.53. The minimum absolute atomic E-state index is 0.183. The molecule has 0 bridgehead atoms. The highest BCUT2D eigenvalue weighted by molar-refractivity contribution is 5.69. The van der Waals surface area contributed by atoms with E-state index in [9.17, 15) is 4.79 Å². The Morgan fingerprint density at radius 3 is 2.90 bits per heavy atom. The number of ether oxygens (including phenoxy) is 1. The van der Waals surface area contributed by atoms with Crippen molar-refractivity contribution in [1.82, 2.24) is 5.32 Å². The van der Waals surface area contributed by atoms with Gasteiger partial charge in [0.1, 0.15) is 0 Å². The van der Waals surface area contributed by atoms with Crippen molar-refractivity contribution in [3.8, 4) is 0 Å². The van der Waals surface area contributed by atoms with Crippen molar-refractivity contribution in [2.75, 3.05) is 13.7 Å². The molecule has 0 heterocycles. The Balaban J connectivity index is 3.11. The number of hydrogen-bond acceptors (Lipinski definition) is 3. The second kappa shape index (κ2) is 6.13. The highest BCUT2D eigenvalue weighted by Gasteiger charge is 1.95. The van der Waals surface area contributed by atoms with E-state index < -0.39 is 0 Å². The average molecular weight is 143 g/mol. The Hall–Kier alpha value is -0.990. The molecule has 58 valence electrons. The van der Waals surface area contributed by atoms with E-state index in [0.717, 1.165) is 0 Å². The average Bonchev–Trinajstić information content (AvgIpc) is 1.98. The molecular weight excluding hydrogens is 130 g/mol. The number of methoxy groups -OCH3 is 1. The molecule has 0 spiro atoms. The predicted octanol–water partition coefficient (Wildman–Crippen LogP) is 0.673. The number of esters is 1. The van der Waals surface area contributed by atoms with Crippen LogP contribution < -0.4 is 5.32 Å². The monoisotopic (exact) mass is 143 g/mol. The van der Waals surface area contributed by atoms with Crippen LogP contribution in [0.2, 0.25) is 0 Å². The van der Waals surface area contributed by atoms with Gasteiger partial charge in [0.15, 0.2) is 0 Å². The lowest BCUT2D eigenvalue weighted by molar-refractivity contribution is -0.140. The summed E-state index contributed by atoms with van der Waals surface area (Å²) in [5.74, 6) is -0.183. The summed E-state index contributed by atoms with van der Waals surface area (Å²) in [5.41, 5.74) is 0. The van der Waals surface area contributed by atoms with E-state index in [-0.39, 0.29) is 5.97 Å². The topological polar surface area (TPSA) is 38.3 Å². The predicted molar refractivity (Wildman–Crippen MR) is 39.4 cm³/mol. The van der Waals surface area contributed by atoms with E-state index in [2.05, 4.69) is 10.1 Å². The molecule has 0 amide bonds. The Bertz CT molecular complexity index is 121. The number of hydrogen-bond donors (Lipinski definition) is 1. The van der Waals surface area contributed by atoms with Crippen LogP contribution in [0.5, 0.6) is 0 Å². The van der Waals surface area contributed by atoms with Crippen LogP contribution >= 0.6 is 0 Å². The normalized spacial score (nSPS) is 9.80. The summed E-state index contributed by atoms with van der Waals surface area (Å²) in [6.07, 6.45) is 4.08. The van der Waals surface area contributed by atoms with Crippen molar-refractivity contribution in [3.05, 3.63) is 12.3 Å². The molecule has 0 aromatic rings. The molecule has 3 heteroatoms. The number of rotatable bonds is 4. The van der Waals surface area contributed by atoms with Gasteiger partial charge in [-0.1, -0.05) is 6.08 Å². The van der Waals surface area contributed by atoms with E-state index in [1.54, 1.807) is 6.20 Å². The SMILES string of the molecule is CC=CNCCC(=O)OC. The first-order chi connectivity index (χ1) is 4.81. The molecule has 1 N–H and O–H groups in total. The van der Waals surface area contributed by atoms with Crippen LogP contribution in [0.15, 0.2) is 12.3 Å². The van der Waals surface area contributed by atoms with Gasteiger partial charge in [-0.3, -0.25) is 4.79 Å². The second-order valence-electron chi connectivity index (χ2n) is 1.78. The maximum atomic E-state index is 10.5. The minimum atomic E-state index is -0.183. The lowest BCUT2D eigenvalue weighted by Crippen LogP contribution is -2.12. The number of carbonyl (C=O) groups excluding carboxylic acids is 1. The first-order valence-corrected chi connectivity index (χ1v) is 3.22. The fourth-order valence-corrected chi connectivity index (χ4v) is 0.477. The van der Waals surface area contributed by atoms with Crippen molar-refractivity contribution in [3.63, 3.8) is 0 Å². The molecule has 0 radical (unpaired) electrons. The first-order valence-electron chi connectivity index (χ1n) is 3.22. The van der Waals surface area contributed by atoms with E-state index in [1.807, 2.05) is 13.0 Å². The summed E-state index contributed by atoms with van der Waals surface area (Å²) in [7, 11) is 1.39. The third-order valence-corrected chi connectivity index (χ3v) is 0.986. The van der Waals surface area contributed by atoms with Gasteiger partial charge in [0, 0.05) is 6.54 Å². The molecule has 0 aliphatic heterocycles. The molecule has 0 fully saturated rings. The molecule has 0 atom stereocenters. The molecule has 0 aromatic heterocycles. The maximum absolute atomic E-state index is 10.5. The quantitative estimate of drug-likeness (QED) is 0.464. The van der Waals surface area contributed by atoms with Gasteiger partial charge in [-0.2, -0.15) is 0 Å². The first kappa shape index (κ1) is 9.01. The van der Waals surface area contributed by atoms with E-state index in [4.69, 9.17) is 0 Å². The standard InChI is InChI=1S/C7H13NO2/c1-3-5-8-6-4-7(9)10-2/h3,5,8H,4,6H2,1-2H3. The fraction of sp³-hybridized carbons (Fsp3) is 0.571. The molecular formula is C7H13NO2. The summed E-state index contributed by atoms with van der Waals surface area (Å²) < 4.78 is 4.43. The molecule has 10 heavy (non-hydrogen) atoms. The van der Waals surface area contributed by atoms with Crippen LogP contribution in [0.25, 0.3) is 0 Å². The van der Waals surface area contributed by atoms with Gasteiger partial charge in [0.25, 0.3) is 0 Å². The maximum Gasteiger partial charge on any atom is 0.307 e. The van der Waals surface area contributed by atoms with Gasteiger partial charge in [-0.15, -0.1) is 0 Å². The molecule has 3 nitrogen and oxygen atoms in total. The lowest BCUT2D eigenvalue weighted by atomic mass is 10.4. The summed E-state index contributed by atoms with van der Waals surface area (Å²) in [6, 6.07) is 0. The molecule has 0 aliphatic carbocycles. The molecule has 0 unspecified atom stereocenters. The highest BCUT2D eigenvalue weighted by Crippen LogP contribution is 1.80. The molecule has 0 aliphatic rings. The zero-order chi connectivity index (χ0) is 7.82. The van der Waals surface area contributed by atoms with Crippen LogP contribution in [0.3, 0.4) is 0 Å². The van der Waals surface area contributed by atoms with Crippen molar-refractivity contribution in [2.24, 2.45) is 0 Å². The molecule has 0 saturated heterocycles. The van der Waals surface area contributed by atoms with Gasteiger partial charge in [-0.25, -0.2) is 0 Å². The minimum Gasteiger partial charge on any atom is -0.469 e. The van der Waals surface area contributed by atoms with Gasteiger partial charge < -0.3 is 10.1 Å². The Morgan fingerprint density at radius 2 is 2.40 bits per heavy atom. The van der Waals surface area contributed by atoms with Crippen molar-refractivity contribution < 1.29 is 9.53 Å². The van der Waals surface area contributed by atoms with Gasteiger partial charge in [0.05, 0.1) is 13.5 Å². The van der Waals surface area contributed by atoms with Crippen LogP contribution in [0.1, 0.15) is 13.3 Å². The zero-order valence-electron chi connectivity index (χ0n) is 6.39. The zero-order valence-corrected chi connectivity index (χ0v) is 6.39. The molecule has 0 aromatic carbocycles. The second-order valence-corrected chi connectivity index (χ2v) is 1.78. The van der Waals surface area contributed by atoms with Gasteiger partial charge >= 0.3 is 5.97 Å². The van der Waals surface area contributed by atoms with E-state index in [0.29, 0.717) is 13.0 Å². The molecule has 0 rings (SSSR count).